The van der Waals surface area contributed by atoms with Crippen molar-refractivity contribution in [2.24, 2.45) is 11.3 Å². The van der Waals surface area contributed by atoms with Crippen LogP contribution in [0.15, 0.2) is 0 Å². The van der Waals surface area contributed by atoms with E-state index in [9.17, 15) is 4.79 Å². The highest BCUT2D eigenvalue weighted by atomic mass is 16.1. The summed E-state index contributed by atoms with van der Waals surface area (Å²) in [5.41, 5.74) is 0.375. The lowest BCUT2D eigenvalue weighted by Crippen LogP contribution is -2.40. The zero-order chi connectivity index (χ0) is 12.5. The van der Waals surface area contributed by atoms with E-state index in [4.69, 9.17) is 0 Å². The van der Waals surface area contributed by atoms with Crippen LogP contribution < -0.4 is 0 Å². The fraction of sp³-hybridized carbons (Fsp3) is 0.933. The Morgan fingerprint density at radius 1 is 1.41 bits per heavy atom. The standard InChI is InChI=1S/C15H27NO/c1-4-13-6-5-9-16(13)11-12-10-15(2,3)8-7-14(12)17/h12-13H,4-11H2,1-3H3. The third kappa shape index (κ3) is 3.09. The predicted molar refractivity (Wildman–Crippen MR) is 71.0 cm³/mol. The molecule has 2 rings (SSSR count). The molecule has 2 fully saturated rings. The van der Waals surface area contributed by atoms with Crippen LogP contribution in [-0.4, -0.2) is 29.8 Å². The number of likely N-dealkylation sites (tertiary alicyclic amines) is 1. The molecular formula is C15H27NO. The Balaban J connectivity index is 1.94. The van der Waals surface area contributed by atoms with Crippen LogP contribution in [0.1, 0.15) is 59.3 Å². The second kappa shape index (κ2) is 5.09. The molecule has 98 valence electrons. The van der Waals surface area contributed by atoms with Gasteiger partial charge in [0.2, 0.25) is 0 Å². The molecule has 1 saturated heterocycles. The van der Waals surface area contributed by atoms with E-state index in [1.807, 2.05) is 0 Å². The van der Waals surface area contributed by atoms with E-state index >= 15 is 0 Å². The summed E-state index contributed by atoms with van der Waals surface area (Å²) < 4.78 is 0. The van der Waals surface area contributed by atoms with Crippen LogP contribution in [0.5, 0.6) is 0 Å². The fourth-order valence-electron chi connectivity index (χ4n) is 3.60. The molecule has 0 bridgehead atoms. The molecule has 0 radical (unpaired) electrons. The molecule has 0 aromatic carbocycles. The Labute approximate surface area is 106 Å². The average Bonchev–Trinajstić information content (AvgIpc) is 2.70. The van der Waals surface area contributed by atoms with E-state index in [-0.39, 0.29) is 0 Å². The highest BCUT2D eigenvalue weighted by molar-refractivity contribution is 5.82. The van der Waals surface area contributed by atoms with E-state index in [0.717, 1.165) is 31.8 Å². The van der Waals surface area contributed by atoms with Gasteiger partial charge in [0.1, 0.15) is 5.78 Å². The SMILES string of the molecule is CCC1CCCN1CC1CC(C)(C)CCC1=O. The van der Waals surface area contributed by atoms with Gasteiger partial charge in [0.05, 0.1) is 0 Å². The van der Waals surface area contributed by atoms with Gasteiger partial charge in [-0.15, -0.1) is 0 Å². The molecule has 1 aliphatic heterocycles. The molecule has 2 atom stereocenters. The number of ketones is 1. The minimum atomic E-state index is 0.311. The topological polar surface area (TPSA) is 20.3 Å². The van der Waals surface area contributed by atoms with E-state index in [1.54, 1.807) is 0 Å². The highest BCUT2D eigenvalue weighted by Gasteiger charge is 2.36. The first-order chi connectivity index (χ1) is 8.02. The van der Waals surface area contributed by atoms with Crippen LogP contribution in [0.4, 0.5) is 0 Å². The predicted octanol–water partition coefficient (Wildman–Crippen LogP) is 3.26. The smallest absolute Gasteiger partial charge is 0.137 e. The third-order valence-corrected chi connectivity index (χ3v) is 4.73. The lowest BCUT2D eigenvalue weighted by molar-refractivity contribution is -0.127. The molecule has 2 nitrogen and oxygen atoms in total. The summed E-state index contributed by atoms with van der Waals surface area (Å²) >= 11 is 0. The van der Waals surface area contributed by atoms with Gasteiger partial charge in [0.25, 0.3) is 0 Å². The molecule has 2 heteroatoms. The summed E-state index contributed by atoms with van der Waals surface area (Å²) in [4.78, 5) is 14.6. The molecule has 2 aliphatic rings. The minimum Gasteiger partial charge on any atom is -0.300 e. The Morgan fingerprint density at radius 2 is 2.18 bits per heavy atom. The van der Waals surface area contributed by atoms with Crippen molar-refractivity contribution in [3.05, 3.63) is 0 Å². The second-order valence-electron chi connectivity index (χ2n) is 6.73. The quantitative estimate of drug-likeness (QED) is 0.751. The molecule has 1 heterocycles. The molecule has 17 heavy (non-hydrogen) atoms. The summed E-state index contributed by atoms with van der Waals surface area (Å²) in [5.74, 6) is 0.831. The van der Waals surface area contributed by atoms with Crippen LogP contribution in [0.3, 0.4) is 0 Å². The number of hydrogen-bond acceptors (Lipinski definition) is 2. The zero-order valence-electron chi connectivity index (χ0n) is 11.7. The number of hydrogen-bond donors (Lipinski definition) is 0. The maximum Gasteiger partial charge on any atom is 0.137 e. The Hall–Kier alpha value is -0.370. The maximum absolute atomic E-state index is 12.0. The van der Waals surface area contributed by atoms with Crippen LogP contribution in [-0.2, 0) is 4.79 Å². The summed E-state index contributed by atoms with van der Waals surface area (Å²) in [7, 11) is 0. The number of carbonyl (C=O) groups is 1. The molecule has 0 aromatic heterocycles. The van der Waals surface area contributed by atoms with Gasteiger partial charge in [-0.05, 0) is 44.1 Å². The summed E-state index contributed by atoms with van der Waals surface area (Å²) in [6.07, 6.45) is 6.88. The number of nitrogens with zero attached hydrogens (tertiary/aromatic N) is 1. The van der Waals surface area contributed by atoms with Gasteiger partial charge in [-0.2, -0.15) is 0 Å². The second-order valence-corrected chi connectivity index (χ2v) is 6.73. The van der Waals surface area contributed by atoms with E-state index in [1.165, 1.54) is 25.8 Å². The Bertz CT molecular complexity index is 285. The lowest BCUT2D eigenvalue weighted by atomic mass is 9.71. The van der Waals surface area contributed by atoms with Crippen molar-refractivity contribution in [2.45, 2.75) is 65.3 Å². The molecule has 0 aromatic rings. The van der Waals surface area contributed by atoms with Crippen LogP contribution >= 0.6 is 0 Å². The van der Waals surface area contributed by atoms with Gasteiger partial charge >= 0.3 is 0 Å². The van der Waals surface area contributed by atoms with Gasteiger partial charge in [-0.25, -0.2) is 0 Å². The fourth-order valence-corrected chi connectivity index (χ4v) is 3.60. The van der Waals surface area contributed by atoms with Crippen molar-refractivity contribution in [2.75, 3.05) is 13.1 Å². The van der Waals surface area contributed by atoms with Gasteiger partial charge in [0, 0.05) is 24.9 Å². The van der Waals surface area contributed by atoms with Crippen molar-refractivity contribution < 1.29 is 4.79 Å². The zero-order valence-corrected chi connectivity index (χ0v) is 11.7. The maximum atomic E-state index is 12.0. The van der Waals surface area contributed by atoms with Crippen molar-refractivity contribution >= 4 is 5.78 Å². The first-order valence-corrected chi connectivity index (χ1v) is 7.28. The summed E-state index contributed by atoms with van der Waals surface area (Å²) in [6.45, 7) is 9.14. The van der Waals surface area contributed by atoms with Crippen molar-refractivity contribution in [1.82, 2.24) is 4.90 Å². The first kappa shape index (κ1) is 13.1. The van der Waals surface area contributed by atoms with Crippen LogP contribution in [0.25, 0.3) is 0 Å². The molecule has 1 aliphatic carbocycles. The summed E-state index contributed by atoms with van der Waals surface area (Å²) in [5, 5.41) is 0. The highest BCUT2D eigenvalue weighted by Crippen LogP contribution is 2.37. The first-order valence-electron chi connectivity index (χ1n) is 7.28. The molecule has 2 unspecified atom stereocenters. The normalized spacial score (nSPS) is 34.2. The number of rotatable bonds is 3. The molecule has 0 amide bonds. The van der Waals surface area contributed by atoms with Crippen molar-refractivity contribution in [3.63, 3.8) is 0 Å². The van der Waals surface area contributed by atoms with E-state index < -0.39 is 0 Å². The average molecular weight is 237 g/mol. The third-order valence-electron chi connectivity index (χ3n) is 4.73. The van der Waals surface area contributed by atoms with E-state index in [2.05, 4.69) is 25.7 Å². The van der Waals surface area contributed by atoms with Gasteiger partial charge in [0.15, 0.2) is 0 Å². The minimum absolute atomic E-state index is 0.311. The number of Topliss-reactive ketones (excluding diaryl/α,β-unsaturated/α-hetero) is 1. The monoisotopic (exact) mass is 237 g/mol. The molecular weight excluding hydrogens is 210 g/mol. The Kier molecular flexibility index (Phi) is 3.92. The van der Waals surface area contributed by atoms with E-state index in [0.29, 0.717) is 17.1 Å². The Morgan fingerprint density at radius 3 is 2.88 bits per heavy atom. The molecule has 0 N–H and O–H groups in total. The largest absolute Gasteiger partial charge is 0.300 e. The van der Waals surface area contributed by atoms with Crippen LogP contribution in [0, 0.1) is 11.3 Å². The molecule has 0 spiro atoms. The van der Waals surface area contributed by atoms with Gasteiger partial charge < -0.3 is 0 Å². The molecule has 1 saturated carbocycles. The van der Waals surface area contributed by atoms with Crippen molar-refractivity contribution in [3.8, 4) is 0 Å². The van der Waals surface area contributed by atoms with Crippen molar-refractivity contribution in [1.29, 1.82) is 0 Å². The summed E-state index contributed by atoms with van der Waals surface area (Å²) in [6, 6.07) is 0.743. The van der Waals surface area contributed by atoms with Gasteiger partial charge in [-0.3, -0.25) is 9.69 Å². The number of carbonyl (C=O) groups excluding carboxylic acids is 1. The van der Waals surface area contributed by atoms with Gasteiger partial charge in [-0.1, -0.05) is 20.8 Å². The van der Waals surface area contributed by atoms with Crippen LogP contribution in [0.2, 0.25) is 0 Å². The lowest BCUT2D eigenvalue weighted by Gasteiger charge is -2.37.